The van der Waals surface area contributed by atoms with Gasteiger partial charge in [-0.15, -0.1) is 0 Å². The lowest BCUT2D eigenvalue weighted by molar-refractivity contribution is 0.367. The number of aromatic amines is 1. The molecule has 0 aromatic carbocycles. The highest BCUT2D eigenvalue weighted by atomic mass is 16.5. The van der Waals surface area contributed by atoms with Gasteiger partial charge in [-0.25, -0.2) is 4.98 Å². The Hall–Kier alpha value is -1.76. The van der Waals surface area contributed by atoms with E-state index in [1.165, 1.54) is 19.2 Å². The summed E-state index contributed by atoms with van der Waals surface area (Å²) >= 11 is 0. The molecule has 2 heterocycles. The van der Waals surface area contributed by atoms with Gasteiger partial charge in [0.15, 0.2) is 5.82 Å². The van der Waals surface area contributed by atoms with Gasteiger partial charge in [0.25, 0.3) is 0 Å². The van der Waals surface area contributed by atoms with E-state index in [-0.39, 0.29) is 0 Å². The quantitative estimate of drug-likeness (QED) is 0.737. The normalized spacial score (nSPS) is 15.7. The minimum atomic E-state index is 0.445. The van der Waals surface area contributed by atoms with Gasteiger partial charge in [-0.2, -0.15) is 10.1 Å². The molecule has 0 saturated heterocycles. The molecular formula is C8H10N6O. The first kappa shape index (κ1) is 8.54. The van der Waals surface area contributed by atoms with Crippen molar-refractivity contribution < 1.29 is 4.52 Å². The topological polar surface area (TPSA) is 92.5 Å². The van der Waals surface area contributed by atoms with E-state index in [1.807, 2.05) is 0 Å². The van der Waals surface area contributed by atoms with Crippen LogP contribution < -0.4 is 5.32 Å². The predicted molar refractivity (Wildman–Crippen MR) is 49.5 cm³/mol. The second kappa shape index (κ2) is 3.43. The highest BCUT2D eigenvalue weighted by molar-refractivity contribution is 5.39. The fourth-order valence-electron chi connectivity index (χ4n) is 1.26. The Morgan fingerprint density at radius 3 is 3.20 bits per heavy atom. The van der Waals surface area contributed by atoms with Crippen molar-refractivity contribution in [3.05, 3.63) is 12.2 Å². The third-order valence-electron chi connectivity index (χ3n) is 2.21. The fraction of sp³-hybridized carbons (Fsp3) is 0.500. The van der Waals surface area contributed by atoms with Gasteiger partial charge in [0.05, 0.1) is 6.54 Å². The maximum atomic E-state index is 5.06. The zero-order valence-corrected chi connectivity index (χ0v) is 7.97. The number of hydrogen-bond acceptors (Lipinski definition) is 6. The van der Waals surface area contributed by atoms with E-state index in [0.29, 0.717) is 30.1 Å². The van der Waals surface area contributed by atoms with Crippen LogP contribution in [0.25, 0.3) is 11.6 Å². The Morgan fingerprint density at radius 1 is 1.53 bits per heavy atom. The molecule has 0 spiro atoms. The van der Waals surface area contributed by atoms with Crippen molar-refractivity contribution in [2.24, 2.45) is 0 Å². The van der Waals surface area contributed by atoms with E-state index in [0.717, 1.165) is 0 Å². The zero-order chi connectivity index (χ0) is 10.1. The predicted octanol–water partition coefficient (Wildman–Crippen LogP) is 0.107. The van der Waals surface area contributed by atoms with Crippen LogP contribution in [0.15, 0.2) is 10.9 Å². The van der Waals surface area contributed by atoms with Crippen molar-refractivity contribution in [2.75, 3.05) is 0 Å². The number of H-pyrrole nitrogens is 1. The summed E-state index contributed by atoms with van der Waals surface area (Å²) in [7, 11) is 0. The van der Waals surface area contributed by atoms with Crippen LogP contribution in [0.4, 0.5) is 0 Å². The van der Waals surface area contributed by atoms with Crippen LogP contribution in [0.1, 0.15) is 18.7 Å². The minimum absolute atomic E-state index is 0.445. The summed E-state index contributed by atoms with van der Waals surface area (Å²) in [6.07, 6.45) is 3.89. The Balaban J connectivity index is 1.69. The minimum Gasteiger partial charge on any atom is -0.337 e. The van der Waals surface area contributed by atoms with Gasteiger partial charge in [0, 0.05) is 6.04 Å². The summed E-state index contributed by atoms with van der Waals surface area (Å²) in [6.45, 7) is 0.617. The average Bonchev–Trinajstić information content (AvgIpc) is 2.78. The number of hydrogen-bond donors (Lipinski definition) is 2. The summed E-state index contributed by atoms with van der Waals surface area (Å²) in [5.41, 5.74) is 0. The van der Waals surface area contributed by atoms with E-state index < -0.39 is 0 Å². The molecule has 2 N–H and O–H groups in total. The molecule has 7 nitrogen and oxygen atoms in total. The molecular weight excluding hydrogens is 196 g/mol. The molecule has 0 radical (unpaired) electrons. The molecule has 2 aromatic rings. The van der Waals surface area contributed by atoms with Crippen LogP contribution in [-0.4, -0.2) is 31.4 Å². The van der Waals surface area contributed by atoms with Gasteiger partial charge in [-0.1, -0.05) is 5.16 Å². The summed E-state index contributed by atoms with van der Waals surface area (Å²) in [5.74, 6) is 1.55. The van der Waals surface area contributed by atoms with E-state index in [4.69, 9.17) is 4.52 Å². The second-order valence-electron chi connectivity index (χ2n) is 3.50. The zero-order valence-electron chi connectivity index (χ0n) is 7.97. The van der Waals surface area contributed by atoms with Gasteiger partial charge in [0.2, 0.25) is 11.7 Å². The van der Waals surface area contributed by atoms with Gasteiger partial charge in [-0.05, 0) is 12.8 Å². The Labute approximate surface area is 85.3 Å². The van der Waals surface area contributed by atoms with Crippen molar-refractivity contribution in [1.82, 2.24) is 30.6 Å². The third-order valence-corrected chi connectivity index (χ3v) is 2.21. The van der Waals surface area contributed by atoms with Gasteiger partial charge in [-0.3, -0.25) is 5.10 Å². The lowest BCUT2D eigenvalue weighted by Crippen LogP contribution is -2.15. The molecule has 15 heavy (non-hydrogen) atoms. The SMILES string of the molecule is c1n[nH]c(-c2noc(CNC3CC3)n2)n1. The van der Waals surface area contributed by atoms with Crippen molar-refractivity contribution in [3.8, 4) is 11.6 Å². The number of nitrogens with one attached hydrogen (secondary N) is 2. The molecule has 1 fully saturated rings. The molecule has 0 amide bonds. The Morgan fingerprint density at radius 2 is 2.47 bits per heavy atom. The standard InChI is InChI=1S/C8H10N6O/c1-2-5(1)9-3-6-12-8(14-15-6)7-10-4-11-13-7/h4-5,9H,1-3H2,(H,10,11,13). The maximum Gasteiger partial charge on any atom is 0.241 e. The molecule has 3 rings (SSSR count). The van der Waals surface area contributed by atoms with Crippen LogP contribution in [-0.2, 0) is 6.54 Å². The highest BCUT2D eigenvalue weighted by Gasteiger charge is 2.21. The molecule has 1 aliphatic carbocycles. The first-order valence-corrected chi connectivity index (χ1v) is 4.83. The van der Waals surface area contributed by atoms with E-state index in [9.17, 15) is 0 Å². The van der Waals surface area contributed by atoms with Gasteiger partial charge in [0.1, 0.15) is 6.33 Å². The van der Waals surface area contributed by atoms with Crippen LogP contribution in [0.3, 0.4) is 0 Å². The lowest BCUT2D eigenvalue weighted by Gasteiger charge is -1.94. The third kappa shape index (κ3) is 1.86. The van der Waals surface area contributed by atoms with Gasteiger partial charge >= 0.3 is 0 Å². The summed E-state index contributed by atoms with van der Waals surface area (Å²) in [5, 5.41) is 13.5. The monoisotopic (exact) mass is 206 g/mol. The van der Waals surface area contributed by atoms with E-state index in [2.05, 4.69) is 30.6 Å². The molecule has 1 saturated carbocycles. The van der Waals surface area contributed by atoms with E-state index in [1.54, 1.807) is 0 Å². The average molecular weight is 206 g/mol. The maximum absolute atomic E-state index is 5.06. The fourth-order valence-corrected chi connectivity index (χ4v) is 1.26. The summed E-state index contributed by atoms with van der Waals surface area (Å²) in [6, 6.07) is 0.630. The molecule has 2 aromatic heterocycles. The molecule has 1 aliphatic rings. The lowest BCUT2D eigenvalue weighted by atomic mass is 10.5. The van der Waals surface area contributed by atoms with Gasteiger partial charge < -0.3 is 9.84 Å². The largest absolute Gasteiger partial charge is 0.337 e. The van der Waals surface area contributed by atoms with Crippen LogP contribution in [0.5, 0.6) is 0 Å². The van der Waals surface area contributed by atoms with Crippen LogP contribution >= 0.6 is 0 Å². The molecule has 78 valence electrons. The second-order valence-corrected chi connectivity index (χ2v) is 3.50. The Kier molecular flexibility index (Phi) is 1.95. The van der Waals surface area contributed by atoms with Crippen molar-refractivity contribution in [2.45, 2.75) is 25.4 Å². The van der Waals surface area contributed by atoms with Crippen LogP contribution in [0.2, 0.25) is 0 Å². The number of nitrogens with zero attached hydrogens (tertiary/aromatic N) is 4. The number of rotatable bonds is 4. The van der Waals surface area contributed by atoms with Crippen LogP contribution in [0, 0.1) is 0 Å². The first-order chi connectivity index (χ1) is 7.42. The number of aromatic nitrogens is 5. The summed E-state index contributed by atoms with van der Waals surface area (Å²) < 4.78 is 5.06. The van der Waals surface area contributed by atoms with Crippen molar-refractivity contribution >= 4 is 0 Å². The Bertz CT molecular complexity index is 432. The smallest absolute Gasteiger partial charge is 0.241 e. The molecule has 7 heteroatoms. The van der Waals surface area contributed by atoms with Crippen molar-refractivity contribution in [3.63, 3.8) is 0 Å². The molecule has 0 atom stereocenters. The molecule has 0 unspecified atom stereocenters. The van der Waals surface area contributed by atoms with E-state index >= 15 is 0 Å². The highest BCUT2D eigenvalue weighted by Crippen LogP contribution is 2.19. The molecule has 0 aliphatic heterocycles. The van der Waals surface area contributed by atoms with Crippen molar-refractivity contribution in [1.29, 1.82) is 0 Å². The first-order valence-electron chi connectivity index (χ1n) is 4.83. The molecule has 0 bridgehead atoms. The summed E-state index contributed by atoms with van der Waals surface area (Å²) in [4.78, 5) is 8.11.